The van der Waals surface area contributed by atoms with Gasteiger partial charge in [-0.1, -0.05) is 484 Å². The molecule has 12 heteroatoms. The van der Waals surface area contributed by atoms with Gasteiger partial charge in [-0.15, -0.1) is 0 Å². The fourth-order valence-electron chi connectivity index (χ4n) is 13.2. The molecule has 0 spiro atoms. The summed E-state index contributed by atoms with van der Waals surface area (Å²) in [4.78, 5) is 51.2. The predicted octanol–water partition coefficient (Wildman–Crippen LogP) is 25.6. The average Bonchev–Trinajstić information content (AvgIpc) is 3.77. The number of aliphatic carboxylic acids is 5. The first-order chi connectivity index (χ1) is 48.9. The van der Waals surface area contributed by atoms with Crippen LogP contribution in [0.3, 0.4) is 0 Å². The van der Waals surface area contributed by atoms with Crippen LogP contribution in [-0.4, -0.2) is 95.7 Å². The van der Waals surface area contributed by atoms with Gasteiger partial charge in [0, 0.05) is 30.3 Å². The fourth-order valence-corrected chi connectivity index (χ4v) is 13.2. The Morgan fingerprint density at radius 2 is 0.245 bits per heavy atom. The van der Waals surface area contributed by atoms with Gasteiger partial charge in [0.25, 0.3) is 0 Å². The Labute approximate surface area is 682 Å². The van der Waals surface area contributed by atoms with E-state index in [0.29, 0.717) is 6.42 Å². The molecular weight excluding hydrogens is 1310 g/mol. The molecule has 0 amide bonds. The van der Waals surface area contributed by atoms with Crippen molar-refractivity contribution in [2.45, 2.75) is 548 Å². The van der Waals surface area contributed by atoms with Crippen molar-refractivity contribution >= 4 is 90.6 Å². The molecule has 10 nitrogen and oxygen atoms in total. The van der Waals surface area contributed by atoms with Crippen LogP contribution in [0.2, 0.25) is 0 Å². The van der Waals surface area contributed by atoms with Crippen LogP contribution in [0.15, 0.2) is 0 Å². The first-order valence-electron chi connectivity index (χ1n) is 44.9. The number of carbonyl (C=O) groups is 5. The third-order valence-electron chi connectivity index (χ3n) is 19.9. The molecule has 0 radical (unpaired) electrons. The Morgan fingerprint density at radius 3 is 0.324 bits per heavy atom. The molecule has 0 atom stereocenters. The largest absolute Gasteiger partial charge is 2.00 e. The van der Waals surface area contributed by atoms with Gasteiger partial charge >= 0.3 is 66.8 Å². The Morgan fingerprint density at radius 1 is 0.167 bits per heavy atom. The molecule has 0 aromatic rings. The minimum atomic E-state index is -0.903. The predicted molar refractivity (Wildman–Crippen MR) is 437 cm³/mol. The van der Waals surface area contributed by atoms with Gasteiger partial charge in [-0.3, -0.25) is 4.79 Å². The quantitative estimate of drug-likeness (QED) is 0.0452. The van der Waals surface area contributed by atoms with Gasteiger partial charge in [0.05, 0.1) is 0 Å². The van der Waals surface area contributed by atoms with E-state index in [-0.39, 0.29) is 86.5 Å². The van der Waals surface area contributed by atoms with Crippen LogP contribution in [0.1, 0.15) is 548 Å². The van der Waals surface area contributed by atoms with Gasteiger partial charge in [0.2, 0.25) is 0 Å². The zero-order valence-electron chi connectivity index (χ0n) is 69.6. The average molecular weight is 1480 g/mol. The number of hydrogen-bond acceptors (Lipinski definition) is 9. The van der Waals surface area contributed by atoms with Crippen molar-refractivity contribution < 1.29 is 49.5 Å². The van der Waals surface area contributed by atoms with Crippen LogP contribution < -0.4 is 20.4 Å². The monoisotopic (exact) mass is 1480 g/mol. The van der Waals surface area contributed by atoms with Crippen molar-refractivity contribution in [2.75, 3.05) is 0 Å². The second-order valence-electron chi connectivity index (χ2n) is 30.4. The molecule has 1 N–H and O–H groups in total. The molecule has 0 fully saturated rings. The minimum Gasteiger partial charge on any atom is -0.550 e. The molecule has 0 aromatic carbocycles. The van der Waals surface area contributed by atoms with E-state index in [1.807, 2.05) is 0 Å². The van der Waals surface area contributed by atoms with Crippen LogP contribution in [0.4, 0.5) is 0 Å². The first-order valence-corrected chi connectivity index (χ1v) is 44.9. The number of carboxylic acid groups (broad SMARTS) is 5. The normalized spacial score (nSPS) is 10.6. The van der Waals surface area contributed by atoms with Crippen LogP contribution in [-0.2, 0) is 24.0 Å². The number of unbranched alkanes of at least 4 members (excludes halogenated alkanes) is 70. The summed E-state index contributed by atoms with van der Waals surface area (Å²) < 4.78 is 0. The van der Waals surface area contributed by atoms with Crippen LogP contribution in [0.5, 0.6) is 0 Å². The molecular formula is C90H176CaMgO10. The van der Waals surface area contributed by atoms with Crippen molar-refractivity contribution in [3.63, 3.8) is 0 Å². The first kappa shape index (κ1) is 115. The standard InChI is InChI=1S/5C18H36O2.Ca.Mg/c5*1-2-3-4-5-6-7-8-9-10-11-12-13-14-15-16-17-18(19)20;;/h5*2-17H2,1H3,(H,19,20);;/q;;;;;2*+2/p-4. The maximum atomic E-state index is 10.3. The Balaban J connectivity index is -0.000000220. The van der Waals surface area contributed by atoms with Crippen molar-refractivity contribution in [2.24, 2.45) is 0 Å². The molecule has 0 aliphatic carbocycles. The molecule has 0 unspecified atom stereocenters. The fraction of sp³-hybridized carbons (Fsp3) is 0.944. The van der Waals surface area contributed by atoms with E-state index in [2.05, 4.69) is 34.6 Å². The Kier molecular flexibility index (Phi) is 125. The summed E-state index contributed by atoms with van der Waals surface area (Å²) in [6, 6.07) is 0. The van der Waals surface area contributed by atoms with E-state index >= 15 is 0 Å². The summed E-state index contributed by atoms with van der Waals surface area (Å²) in [6.07, 6.45) is 99.6. The summed E-state index contributed by atoms with van der Waals surface area (Å²) in [5.41, 5.74) is 0. The molecule has 0 aliphatic rings. The van der Waals surface area contributed by atoms with Crippen molar-refractivity contribution in [1.82, 2.24) is 0 Å². The van der Waals surface area contributed by atoms with Gasteiger partial charge in [-0.25, -0.2) is 0 Å². The van der Waals surface area contributed by atoms with E-state index in [9.17, 15) is 44.4 Å². The van der Waals surface area contributed by atoms with Crippen LogP contribution >= 0.6 is 0 Å². The van der Waals surface area contributed by atoms with Gasteiger partial charge in [-0.2, -0.15) is 0 Å². The second kappa shape index (κ2) is 111. The maximum absolute atomic E-state index is 10.3. The molecule has 0 bridgehead atoms. The summed E-state index contributed by atoms with van der Waals surface area (Å²) in [7, 11) is 0. The topological polar surface area (TPSA) is 198 Å². The van der Waals surface area contributed by atoms with Gasteiger partial charge in [0.15, 0.2) is 0 Å². The van der Waals surface area contributed by atoms with E-state index in [0.717, 1.165) is 64.2 Å². The Hall–Kier alpha value is -0.624. The number of carboxylic acids is 5. The van der Waals surface area contributed by atoms with Crippen LogP contribution in [0, 0.1) is 0 Å². The third-order valence-corrected chi connectivity index (χ3v) is 19.9. The molecule has 600 valence electrons. The zero-order chi connectivity index (χ0) is 74.5. The SMILES string of the molecule is CCCCCCCCCCCCCCCCCC(=O)O.CCCCCCCCCCCCCCCCCC(=O)[O-].CCCCCCCCCCCCCCCCCC(=O)[O-].CCCCCCCCCCCCCCCCCC(=O)[O-].CCCCCCCCCCCCCCCCCC(=O)[O-].[Ca+2].[Mg+2]. The van der Waals surface area contributed by atoms with Crippen molar-refractivity contribution in [1.29, 1.82) is 0 Å². The third kappa shape index (κ3) is 135. The summed E-state index contributed by atoms with van der Waals surface area (Å²) >= 11 is 0. The zero-order valence-corrected chi connectivity index (χ0v) is 73.2. The van der Waals surface area contributed by atoms with Gasteiger partial charge in [-0.05, 0) is 57.8 Å². The Bertz CT molecular complexity index is 1280. The van der Waals surface area contributed by atoms with Gasteiger partial charge in [0.1, 0.15) is 0 Å². The van der Waals surface area contributed by atoms with E-state index in [1.54, 1.807) is 0 Å². The summed E-state index contributed by atoms with van der Waals surface area (Å²) in [6.45, 7) is 11.3. The summed E-state index contributed by atoms with van der Waals surface area (Å²) in [5, 5.41) is 49.4. The number of rotatable bonds is 80. The molecule has 0 saturated carbocycles. The molecule has 0 heterocycles. The van der Waals surface area contributed by atoms with Crippen LogP contribution in [0.25, 0.3) is 0 Å². The number of hydrogen-bond donors (Lipinski definition) is 1. The molecule has 102 heavy (non-hydrogen) atoms. The van der Waals surface area contributed by atoms with E-state index in [4.69, 9.17) is 5.11 Å². The molecule has 0 aromatic heterocycles. The van der Waals surface area contributed by atoms with Crippen molar-refractivity contribution in [3.8, 4) is 0 Å². The smallest absolute Gasteiger partial charge is 0.550 e. The molecule has 0 saturated heterocycles. The van der Waals surface area contributed by atoms with E-state index < -0.39 is 29.8 Å². The second-order valence-corrected chi connectivity index (χ2v) is 30.4. The minimum absolute atomic E-state index is 0. The molecule has 0 aliphatic heterocycles. The summed E-state index contributed by atoms with van der Waals surface area (Å²) in [5.74, 6) is -4.27. The van der Waals surface area contributed by atoms with E-state index in [1.165, 1.54) is 417 Å². The number of carbonyl (C=O) groups excluding carboxylic acids is 4. The molecule has 0 rings (SSSR count). The maximum Gasteiger partial charge on any atom is 2.00 e. The van der Waals surface area contributed by atoms with Crippen molar-refractivity contribution in [3.05, 3.63) is 0 Å². The van der Waals surface area contributed by atoms with Gasteiger partial charge < -0.3 is 44.7 Å².